The highest BCUT2D eigenvalue weighted by Gasteiger charge is 2.23. The minimum atomic E-state index is -0.258. The van der Waals surface area contributed by atoms with Crippen LogP contribution >= 0.6 is 11.6 Å². The minimum absolute atomic E-state index is 0.000981. The lowest BCUT2D eigenvalue weighted by Gasteiger charge is -2.25. The van der Waals surface area contributed by atoms with E-state index in [0.29, 0.717) is 17.3 Å². The number of carbonyl (C=O) groups is 2. The standard InChI is InChI=1S/C21H29ClN4O2/c1-7-20(28)25(14(2)3)13-19(27)23-18-12-17(21(4,5)6)24-26(18)16-10-8-15(22)9-11-16/h8-12,14H,7,13H2,1-6H3,(H,23,27). The quantitative estimate of drug-likeness (QED) is 0.775. The van der Waals surface area contributed by atoms with Gasteiger partial charge in [0.1, 0.15) is 12.4 Å². The molecule has 1 aromatic carbocycles. The van der Waals surface area contributed by atoms with Crippen molar-refractivity contribution in [3.05, 3.63) is 41.0 Å². The van der Waals surface area contributed by atoms with E-state index < -0.39 is 0 Å². The molecule has 2 aromatic rings. The van der Waals surface area contributed by atoms with Crippen LogP contribution in [0.3, 0.4) is 0 Å². The third-order valence-electron chi connectivity index (χ3n) is 4.38. The van der Waals surface area contributed by atoms with Crippen LogP contribution in [0.25, 0.3) is 5.69 Å². The zero-order chi connectivity index (χ0) is 21.1. The monoisotopic (exact) mass is 404 g/mol. The van der Waals surface area contributed by atoms with Gasteiger partial charge in [-0.15, -0.1) is 0 Å². The van der Waals surface area contributed by atoms with E-state index in [4.69, 9.17) is 11.6 Å². The number of carbonyl (C=O) groups excluding carboxylic acids is 2. The predicted octanol–water partition coefficient (Wildman–Crippen LogP) is 4.41. The van der Waals surface area contributed by atoms with Crippen molar-refractivity contribution in [2.45, 2.75) is 59.4 Å². The summed E-state index contributed by atoms with van der Waals surface area (Å²) in [5.41, 5.74) is 1.46. The van der Waals surface area contributed by atoms with Crippen molar-refractivity contribution in [2.24, 2.45) is 0 Å². The van der Waals surface area contributed by atoms with Crippen molar-refractivity contribution in [3.63, 3.8) is 0 Å². The molecule has 1 heterocycles. The number of nitrogens with zero attached hydrogens (tertiary/aromatic N) is 3. The van der Waals surface area contributed by atoms with E-state index in [9.17, 15) is 9.59 Å². The molecule has 2 amide bonds. The van der Waals surface area contributed by atoms with Gasteiger partial charge in [0.25, 0.3) is 0 Å². The Morgan fingerprint density at radius 3 is 2.32 bits per heavy atom. The van der Waals surface area contributed by atoms with Crippen LogP contribution in [-0.2, 0) is 15.0 Å². The van der Waals surface area contributed by atoms with E-state index in [1.165, 1.54) is 0 Å². The van der Waals surface area contributed by atoms with Crippen LogP contribution in [0.2, 0.25) is 5.02 Å². The molecule has 0 fully saturated rings. The fourth-order valence-corrected chi connectivity index (χ4v) is 2.84. The third-order valence-corrected chi connectivity index (χ3v) is 4.63. The summed E-state index contributed by atoms with van der Waals surface area (Å²) in [6.07, 6.45) is 0.363. The third kappa shape index (κ3) is 5.35. The molecule has 0 unspecified atom stereocenters. The maximum absolute atomic E-state index is 12.7. The average Bonchev–Trinajstić information content (AvgIpc) is 3.03. The molecule has 0 aliphatic rings. The summed E-state index contributed by atoms with van der Waals surface area (Å²) in [7, 11) is 0. The molecule has 0 radical (unpaired) electrons. The molecule has 0 bridgehead atoms. The first-order valence-electron chi connectivity index (χ1n) is 9.48. The first-order valence-corrected chi connectivity index (χ1v) is 9.86. The highest BCUT2D eigenvalue weighted by Crippen LogP contribution is 2.26. The largest absolute Gasteiger partial charge is 0.331 e. The summed E-state index contributed by atoms with van der Waals surface area (Å²) >= 11 is 5.99. The van der Waals surface area contributed by atoms with Gasteiger partial charge in [0, 0.05) is 29.0 Å². The van der Waals surface area contributed by atoms with Crippen molar-refractivity contribution in [1.82, 2.24) is 14.7 Å². The van der Waals surface area contributed by atoms with E-state index >= 15 is 0 Å². The van der Waals surface area contributed by atoms with Gasteiger partial charge >= 0.3 is 0 Å². The van der Waals surface area contributed by atoms with Crippen molar-refractivity contribution in [2.75, 3.05) is 11.9 Å². The van der Waals surface area contributed by atoms with Gasteiger partial charge in [-0.25, -0.2) is 4.68 Å². The van der Waals surface area contributed by atoms with E-state index in [0.717, 1.165) is 11.4 Å². The van der Waals surface area contributed by atoms with Crippen LogP contribution in [-0.4, -0.2) is 39.1 Å². The molecule has 2 rings (SSSR count). The lowest BCUT2D eigenvalue weighted by Crippen LogP contribution is -2.42. The van der Waals surface area contributed by atoms with Gasteiger partial charge in [0.05, 0.1) is 11.4 Å². The smallest absolute Gasteiger partial charge is 0.245 e. The molecule has 152 valence electrons. The number of hydrogen-bond acceptors (Lipinski definition) is 3. The topological polar surface area (TPSA) is 67.2 Å². The Hall–Kier alpha value is -2.34. The Kier molecular flexibility index (Phi) is 6.88. The first-order chi connectivity index (χ1) is 13.0. The lowest BCUT2D eigenvalue weighted by atomic mass is 9.92. The number of halogens is 1. The Morgan fingerprint density at radius 1 is 1.21 bits per heavy atom. The van der Waals surface area contributed by atoms with Crippen LogP contribution < -0.4 is 5.32 Å². The van der Waals surface area contributed by atoms with E-state index in [-0.39, 0.29) is 29.8 Å². The SMILES string of the molecule is CCC(=O)N(CC(=O)Nc1cc(C(C)(C)C)nn1-c1ccc(Cl)cc1)C(C)C. The lowest BCUT2D eigenvalue weighted by molar-refractivity contribution is -0.136. The molecule has 0 atom stereocenters. The number of hydrogen-bond donors (Lipinski definition) is 1. The molecule has 0 aliphatic carbocycles. The van der Waals surface area contributed by atoms with Gasteiger partial charge in [-0.2, -0.15) is 5.10 Å². The Morgan fingerprint density at radius 2 is 1.82 bits per heavy atom. The maximum atomic E-state index is 12.7. The Balaban J connectivity index is 2.33. The zero-order valence-electron chi connectivity index (χ0n) is 17.4. The maximum Gasteiger partial charge on any atom is 0.245 e. The molecular weight excluding hydrogens is 376 g/mol. The number of aromatic nitrogens is 2. The number of benzene rings is 1. The summed E-state index contributed by atoms with van der Waals surface area (Å²) in [4.78, 5) is 26.4. The van der Waals surface area contributed by atoms with Gasteiger partial charge in [-0.05, 0) is 38.1 Å². The molecule has 0 spiro atoms. The molecule has 6 nitrogen and oxygen atoms in total. The van der Waals surface area contributed by atoms with Crippen LogP contribution in [0, 0.1) is 0 Å². The van der Waals surface area contributed by atoms with Gasteiger partial charge in [-0.1, -0.05) is 39.3 Å². The van der Waals surface area contributed by atoms with E-state index in [2.05, 4.69) is 31.2 Å². The van der Waals surface area contributed by atoms with Gasteiger partial charge in [0.15, 0.2) is 0 Å². The molecule has 1 N–H and O–H groups in total. The molecular formula is C21H29ClN4O2. The number of nitrogens with one attached hydrogen (secondary N) is 1. The number of amides is 2. The second-order valence-corrected chi connectivity index (χ2v) is 8.51. The molecule has 28 heavy (non-hydrogen) atoms. The summed E-state index contributed by atoms with van der Waals surface area (Å²) in [6, 6.07) is 9.07. The fraction of sp³-hybridized carbons (Fsp3) is 0.476. The van der Waals surface area contributed by atoms with Crippen molar-refractivity contribution >= 4 is 29.2 Å². The summed E-state index contributed by atoms with van der Waals surface area (Å²) in [5.74, 6) is 0.253. The number of anilines is 1. The fourth-order valence-electron chi connectivity index (χ4n) is 2.71. The van der Waals surface area contributed by atoms with E-state index in [1.54, 1.807) is 28.6 Å². The second kappa shape index (κ2) is 8.78. The second-order valence-electron chi connectivity index (χ2n) is 8.07. The van der Waals surface area contributed by atoms with Crippen LogP contribution in [0.1, 0.15) is 53.7 Å². The van der Waals surface area contributed by atoms with Crippen molar-refractivity contribution < 1.29 is 9.59 Å². The summed E-state index contributed by atoms with van der Waals surface area (Å²) in [6.45, 7) is 11.8. The molecule has 0 saturated heterocycles. The van der Waals surface area contributed by atoms with Crippen LogP contribution in [0.4, 0.5) is 5.82 Å². The minimum Gasteiger partial charge on any atom is -0.331 e. The predicted molar refractivity (Wildman–Crippen MR) is 113 cm³/mol. The molecule has 0 aliphatic heterocycles. The molecule has 1 aromatic heterocycles. The Labute approximate surface area is 171 Å². The summed E-state index contributed by atoms with van der Waals surface area (Å²) < 4.78 is 1.69. The highest BCUT2D eigenvalue weighted by molar-refractivity contribution is 6.30. The van der Waals surface area contributed by atoms with Crippen molar-refractivity contribution in [3.8, 4) is 5.69 Å². The highest BCUT2D eigenvalue weighted by atomic mass is 35.5. The normalized spacial score (nSPS) is 11.6. The van der Waals surface area contributed by atoms with Crippen molar-refractivity contribution in [1.29, 1.82) is 0 Å². The van der Waals surface area contributed by atoms with Crippen LogP contribution in [0.15, 0.2) is 30.3 Å². The number of rotatable bonds is 6. The first kappa shape index (κ1) is 22.0. The van der Waals surface area contributed by atoms with Gasteiger partial charge < -0.3 is 10.2 Å². The van der Waals surface area contributed by atoms with E-state index in [1.807, 2.05) is 32.0 Å². The van der Waals surface area contributed by atoms with Gasteiger partial charge in [-0.3, -0.25) is 9.59 Å². The molecule has 7 heteroatoms. The summed E-state index contributed by atoms with van der Waals surface area (Å²) in [5, 5.41) is 8.22. The average molecular weight is 405 g/mol. The molecule has 0 saturated carbocycles. The zero-order valence-corrected chi connectivity index (χ0v) is 18.2. The Bertz CT molecular complexity index is 835. The van der Waals surface area contributed by atoms with Gasteiger partial charge in [0.2, 0.25) is 11.8 Å². The van der Waals surface area contributed by atoms with Crippen LogP contribution in [0.5, 0.6) is 0 Å².